The van der Waals surface area contributed by atoms with Crippen LogP contribution in [0.3, 0.4) is 0 Å². The van der Waals surface area contributed by atoms with Gasteiger partial charge < -0.3 is 10.1 Å². The van der Waals surface area contributed by atoms with Crippen LogP contribution in [0.15, 0.2) is 12.4 Å². The van der Waals surface area contributed by atoms with E-state index in [1.807, 2.05) is 24.9 Å². The van der Waals surface area contributed by atoms with Crippen LogP contribution in [0.1, 0.15) is 44.6 Å². The summed E-state index contributed by atoms with van der Waals surface area (Å²) >= 11 is 0. The van der Waals surface area contributed by atoms with E-state index >= 15 is 0 Å². The maximum atomic E-state index is 5.90. The van der Waals surface area contributed by atoms with Crippen LogP contribution in [0.4, 0.5) is 5.82 Å². The Balaban J connectivity index is 2.30. The van der Waals surface area contributed by atoms with Gasteiger partial charge in [-0.15, -0.1) is 0 Å². The van der Waals surface area contributed by atoms with Gasteiger partial charge in [0.2, 0.25) is 5.88 Å². The van der Waals surface area contributed by atoms with Gasteiger partial charge in [0.25, 0.3) is 0 Å². The lowest BCUT2D eigenvalue weighted by atomic mass is 10.3. The Hall–Kier alpha value is -2.11. The minimum absolute atomic E-state index is 0.303. The highest BCUT2D eigenvalue weighted by Crippen LogP contribution is 2.27. The van der Waals surface area contributed by atoms with E-state index in [2.05, 4.69) is 41.2 Å². The van der Waals surface area contributed by atoms with Crippen LogP contribution in [-0.4, -0.2) is 26.8 Å². The largest absolute Gasteiger partial charge is 0.435 e. The smallest absolute Gasteiger partial charge is 0.227 e. The maximum Gasteiger partial charge on any atom is 0.227 e. The quantitative estimate of drug-likeness (QED) is 0.883. The molecule has 2 aromatic heterocycles. The molecule has 0 unspecified atom stereocenters. The predicted octanol–water partition coefficient (Wildman–Crippen LogP) is 3.35. The fourth-order valence-electron chi connectivity index (χ4n) is 1.99. The second-order valence-corrected chi connectivity index (χ2v) is 5.27. The number of nitrogens with zero attached hydrogens (tertiary/aromatic N) is 4. The summed E-state index contributed by atoms with van der Waals surface area (Å²) < 4.78 is 7.75. The van der Waals surface area contributed by atoms with Crippen molar-refractivity contribution < 1.29 is 4.74 Å². The van der Waals surface area contributed by atoms with Gasteiger partial charge in [0, 0.05) is 19.5 Å². The number of rotatable bonds is 6. The zero-order chi connectivity index (χ0) is 15.4. The van der Waals surface area contributed by atoms with Gasteiger partial charge in [-0.1, -0.05) is 6.92 Å². The zero-order valence-electron chi connectivity index (χ0n) is 13.3. The molecule has 0 bridgehead atoms. The zero-order valence-corrected chi connectivity index (χ0v) is 13.3. The van der Waals surface area contributed by atoms with Crippen LogP contribution < -0.4 is 10.1 Å². The van der Waals surface area contributed by atoms with Gasteiger partial charge >= 0.3 is 0 Å². The molecule has 0 spiro atoms. The summed E-state index contributed by atoms with van der Waals surface area (Å²) in [5, 5.41) is 7.37. The van der Waals surface area contributed by atoms with Crippen molar-refractivity contribution >= 4 is 5.82 Å². The molecule has 6 heteroatoms. The van der Waals surface area contributed by atoms with Gasteiger partial charge in [-0.2, -0.15) is 10.1 Å². The third-order valence-electron chi connectivity index (χ3n) is 3.18. The number of aromatic nitrogens is 4. The lowest BCUT2D eigenvalue weighted by molar-refractivity contribution is 0.451. The molecule has 0 aliphatic heterocycles. The maximum absolute atomic E-state index is 5.90. The van der Waals surface area contributed by atoms with E-state index in [9.17, 15) is 0 Å². The van der Waals surface area contributed by atoms with E-state index in [-0.39, 0.29) is 0 Å². The summed E-state index contributed by atoms with van der Waals surface area (Å²) in [6.07, 6.45) is 5.42. The highest BCUT2D eigenvalue weighted by Gasteiger charge is 2.13. The Morgan fingerprint density at radius 3 is 2.67 bits per heavy atom. The van der Waals surface area contributed by atoms with Crippen molar-refractivity contribution in [2.45, 2.75) is 46.6 Å². The van der Waals surface area contributed by atoms with Crippen LogP contribution in [0, 0.1) is 6.92 Å². The molecule has 114 valence electrons. The molecule has 21 heavy (non-hydrogen) atoms. The standard InChI is InChI=1S/C15H23N5O/c1-6-7-13-18-14(16-5)11(4)15(19-13)21-12-8-17-20(9-12)10(2)3/h8-10H,6-7H2,1-5H3,(H,16,18,19). The summed E-state index contributed by atoms with van der Waals surface area (Å²) in [6.45, 7) is 8.20. The fraction of sp³-hybridized carbons (Fsp3) is 0.533. The second-order valence-electron chi connectivity index (χ2n) is 5.27. The summed E-state index contributed by atoms with van der Waals surface area (Å²) in [4.78, 5) is 9.00. The summed E-state index contributed by atoms with van der Waals surface area (Å²) in [5.74, 6) is 2.87. The average Bonchev–Trinajstić information content (AvgIpc) is 2.91. The molecule has 0 saturated carbocycles. The molecule has 0 amide bonds. The highest BCUT2D eigenvalue weighted by atomic mass is 16.5. The molecule has 1 N–H and O–H groups in total. The summed E-state index contributed by atoms with van der Waals surface area (Å²) in [5.41, 5.74) is 0.898. The number of nitrogens with one attached hydrogen (secondary N) is 1. The molecule has 0 aliphatic rings. The van der Waals surface area contributed by atoms with E-state index in [1.54, 1.807) is 6.20 Å². The van der Waals surface area contributed by atoms with Gasteiger partial charge in [-0.25, -0.2) is 4.98 Å². The van der Waals surface area contributed by atoms with Crippen molar-refractivity contribution in [2.24, 2.45) is 0 Å². The first kappa shape index (κ1) is 15.3. The van der Waals surface area contributed by atoms with Gasteiger partial charge in [0.15, 0.2) is 5.75 Å². The Labute approximate surface area is 125 Å². The molecule has 0 aliphatic carbocycles. The van der Waals surface area contributed by atoms with Crippen molar-refractivity contribution in [3.8, 4) is 11.6 Å². The van der Waals surface area contributed by atoms with E-state index in [1.165, 1.54) is 0 Å². The first-order valence-corrected chi connectivity index (χ1v) is 7.32. The molecular formula is C15H23N5O. The van der Waals surface area contributed by atoms with Crippen molar-refractivity contribution in [3.63, 3.8) is 0 Å². The lowest BCUT2D eigenvalue weighted by Crippen LogP contribution is -2.05. The minimum Gasteiger partial charge on any atom is -0.435 e. The van der Waals surface area contributed by atoms with Gasteiger partial charge in [0.05, 0.1) is 18.0 Å². The third-order valence-corrected chi connectivity index (χ3v) is 3.18. The first-order valence-electron chi connectivity index (χ1n) is 7.32. The second kappa shape index (κ2) is 6.56. The molecule has 0 aromatic carbocycles. The third kappa shape index (κ3) is 3.51. The number of anilines is 1. The number of ether oxygens (including phenoxy) is 1. The topological polar surface area (TPSA) is 64.9 Å². The number of aryl methyl sites for hydroxylation is 1. The van der Waals surface area contributed by atoms with Crippen molar-refractivity contribution in [1.29, 1.82) is 0 Å². The van der Waals surface area contributed by atoms with Crippen LogP contribution in [0.25, 0.3) is 0 Å². The van der Waals surface area contributed by atoms with Gasteiger partial charge in [-0.3, -0.25) is 4.68 Å². The predicted molar refractivity (Wildman–Crippen MR) is 83.0 cm³/mol. The minimum atomic E-state index is 0.303. The summed E-state index contributed by atoms with van der Waals surface area (Å²) in [7, 11) is 1.85. The Bertz CT molecular complexity index is 606. The molecule has 2 aromatic rings. The molecule has 0 atom stereocenters. The average molecular weight is 289 g/mol. The Kier molecular flexibility index (Phi) is 4.77. The van der Waals surface area contributed by atoms with E-state index in [4.69, 9.17) is 4.74 Å². The van der Waals surface area contributed by atoms with Gasteiger partial charge in [0.1, 0.15) is 11.6 Å². The normalized spacial score (nSPS) is 11.0. The molecule has 0 fully saturated rings. The number of hydrogen-bond acceptors (Lipinski definition) is 5. The van der Waals surface area contributed by atoms with Crippen LogP contribution in [0.5, 0.6) is 11.6 Å². The lowest BCUT2D eigenvalue weighted by Gasteiger charge is -2.11. The molecule has 6 nitrogen and oxygen atoms in total. The van der Waals surface area contributed by atoms with Gasteiger partial charge in [-0.05, 0) is 27.2 Å². The van der Waals surface area contributed by atoms with Crippen molar-refractivity contribution in [2.75, 3.05) is 12.4 Å². The Morgan fingerprint density at radius 2 is 2.10 bits per heavy atom. The first-order chi connectivity index (χ1) is 10.0. The highest BCUT2D eigenvalue weighted by molar-refractivity contribution is 5.49. The molecule has 0 saturated heterocycles. The van der Waals surface area contributed by atoms with E-state index in [0.29, 0.717) is 17.7 Å². The molecule has 0 radical (unpaired) electrons. The summed E-state index contributed by atoms with van der Waals surface area (Å²) in [6, 6.07) is 0.303. The monoisotopic (exact) mass is 289 g/mol. The molecular weight excluding hydrogens is 266 g/mol. The van der Waals surface area contributed by atoms with Crippen LogP contribution >= 0.6 is 0 Å². The van der Waals surface area contributed by atoms with Crippen LogP contribution in [0.2, 0.25) is 0 Å². The number of hydrogen-bond donors (Lipinski definition) is 1. The molecule has 2 rings (SSSR count). The fourth-order valence-corrected chi connectivity index (χ4v) is 1.99. The van der Waals surface area contributed by atoms with E-state index in [0.717, 1.165) is 30.0 Å². The SMILES string of the molecule is CCCc1nc(NC)c(C)c(Oc2cnn(C(C)C)c2)n1. The van der Waals surface area contributed by atoms with Crippen molar-refractivity contribution in [1.82, 2.24) is 19.7 Å². The van der Waals surface area contributed by atoms with E-state index < -0.39 is 0 Å². The van der Waals surface area contributed by atoms with Crippen molar-refractivity contribution in [3.05, 3.63) is 23.8 Å². The Morgan fingerprint density at radius 1 is 1.33 bits per heavy atom. The molecule has 2 heterocycles. The van der Waals surface area contributed by atoms with Crippen LogP contribution in [-0.2, 0) is 6.42 Å².